The third-order valence-electron chi connectivity index (χ3n) is 5.20. The first-order valence-corrected chi connectivity index (χ1v) is 11.0. The minimum absolute atomic E-state index is 0.101. The van der Waals surface area contributed by atoms with Gasteiger partial charge in [0.15, 0.2) is 0 Å². The van der Waals surface area contributed by atoms with Gasteiger partial charge in [-0.25, -0.2) is 0 Å². The molecule has 2 aliphatic heterocycles. The van der Waals surface area contributed by atoms with E-state index in [-0.39, 0.29) is 11.8 Å². The summed E-state index contributed by atoms with van der Waals surface area (Å²) in [6.07, 6.45) is 1.92. The van der Waals surface area contributed by atoms with Gasteiger partial charge in [-0.05, 0) is 25.0 Å². The van der Waals surface area contributed by atoms with Crippen LogP contribution in [0.4, 0.5) is 5.69 Å². The summed E-state index contributed by atoms with van der Waals surface area (Å²) in [5.41, 5.74) is 4.37. The number of anilines is 1. The van der Waals surface area contributed by atoms with Crippen LogP contribution in [0.15, 0.2) is 53.4 Å². The molecule has 2 aliphatic rings. The van der Waals surface area contributed by atoms with Crippen molar-refractivity contribution in [1.82, 2.24) is 4.90 Å². The fourth-order valence-corrected chi connectivity index (χ4v) is 4.93. The summed E-state index contributed by atoms with van der Waals surface area (Å²) in [6.45, 7) is 5.20. The SMILES string of the molecule is CCCCN1C(=O)/C(=C2/SC(=S)N(Cc3ccc(C)cc3)C2=O)c2ccccc21. The molecule has 0 aromatic heterocycles. The second-order valence-electron chi connectivity index (χ2n) is 7.28. The third-order valence-corrected chi connectivity index (χ3v) is 6.64. The standard InChI is InChI=1S/C23H22N2O2S2/c1-3-4-13-24-18-8-6-5-7-17(18)19(21(24)26)20-22(27)25(23(28)29-20)14-16-11-9-15(2)10-12-16/h5-12H,3-4,13-14H2,1-2H3/b20-19+. The number of carbonyl (C=O) groups is 2. The largest absolute Gasteiger partial charge is 0.308 e. The molecule has 0 bridgehead atoms. The molecular weight excluding hydrogens is 400 g/mol. The molecule has 2 amide bonds. The number of hydrogen-bond acceptors (Lipinski definition) is 4. The number of unbranched alkanes of at least 4 members (excludes halogenated alkanes) is 1. The number of thioether (sulfide) groups is 1. The normalized spacial score (nSPS) is 18.8. The van der Waals surface area contributed by atoms with Crippen molar-refractivity contribution in [3.05, 3.63) is 70.1 Å². The van der Waals surface area contributed by atoms with Crippen LogP contribution in [0.25, 0.3) is 5.57 Å². The van der Waals surface area contributed by atoms with Crippen LogP contribution in [0.5, 0.6) is 0 Å². The topological polar surface area (TPSA) is 40.6 Å². The Hall–Kier alpha value is -2.44. The summed E-state index contributed by atoms with van der Waals surface area (Å²) in [6, 6.07) is 15.7. The summed E-state index contributed by atoms with van der Waals surface area (Å²) < 4.78 is 0.496. The Bertz CT molecular complexity index is 1030. The highest BCUT2D eigenvalue weighted by molar-refractivity contribution is 8.26. The Labute approximate surface area is 180 Å². The zero-order valence-electron chi connectivity index (χ0n) is 16.5. The summed E-state index contributed by atoms with van der Waals surface area (Å²) in [7, 11) is 0. The van der Waals surface area contributed by atoms with Crippen LogP contribution in [-0.4, -0.2) is 27.6 Å². The van der Waals surface area contributed by atoms with Gasteiger partial charge in [0.05, 0.1) is 22.7 Å². The molecule has 0 N–H and O–H groups in total. The quantitative estimate of drug-likeness (QED) is 0.507. The Morgan fingerprint density at radius 3 is 2.41 bits per heavy atom. The van der Waals surface area contributed by atoms with Crippen molar-refractivity contribution in [2.45, 2.75) is 33.2 Å². The highest BCUT2D eigenvalue weighted by Gasteiger charge is 2.41. The third kappa shape index (κ3) is 3.63. The van der Waals surface area contributed by atoms with Crippen molar-refractivity contribution in [3.8, 4) is 0 Å². The number of benzene rings is 2. The number of hydrogen-bond donors (Lipinski definition) is 0. The molecule has 29 heavy (non-hydrogen) atoms. The zero-order chi connectivity index (χ0) is 20.5. The maximum atomic E-state index is 13.3. The molecule has 0 spiro atoms. The van der Waals surface area contributed by atoms with Gasteiger partial charge in [-0.1, -0.05) is 85.4 Å². The van der Waals surface area contributed by atoms with Gasteiger partial charge in [0.25, 0.3) is 11.8 Å². The fraction of sp³-hybridized carbons (Fsp3) is 0.261. The van der Waals surface area contributed by atoms with Gasteiger partial charge in [-0.3, -0.25) is 14.5 Å². The van der Waals surface area contributed by atoms with Crippen molar-refractivity contribution in [2.75, 3.05) is 11.4 Å². The van der Waals surface area contributed by atoms with Gasteiger partial charge in [-0.15, -0.1) is 0 Å². The van der Waals surface area contributed by atoms with Crippen LogP contribution in [0.2, 0.25) is 0 Å². The lowest BCUT2D eigenvalue weighted by Gasteiger charge is -2.16. The van der Waals surface area contributed by atoms with E-state index in [1.165, 1.54) is 17.3 Å². The molecule has 0 aliphatic carbocycles. The number of aryl methyl sites for hydroxylation is 1. The predicted octanol–water partition coefficient (Wildman–Crippen LogP) is 4.91. The molecule has 4 nitrogen and oxygen atoms in total. The first-order valence-electron chi connectivity index (χ1n) is 9.76. The lowest BCUT2D eigenvalue weighted by Crippen LogP contribution is -2.29. The number of rotatable bonds is 5. The molecule has 2 heterocycles. The molecule has 4 rings (SSSR count). The second-order valence-corrected chi connectivity index (χ2v) is 8.92. The molecule has 2 aromatic carbocycles. The van der Waals surface area contributed by atoms with Crippen LogP contribution >= 0.6 is 24.0 Å². The van der Waals surface area contributed by atoms with E-state index in [0.717, 1.165) is 29.7 Å². The fourth-order valence-electron chi connectivity index (χ4n) is 3.60. The molecule has 1 saturated heterocycles. The number of para-hydroxylation sites is 1. The van der Waals surface area contributed by atoms with E-state index >= 15 is 0 Å². The maximum absolute atomic E-state index is 13.3. The van der Waals surface area contributed by atoms with Crippen LogP contribution in [0.3, 0.4) is 0 Å². The van der Waals surface area contributed by atoms with Gasteiger partial charge in [0, 0.05) is 12.1 Å². The van der Waals surface area contributed by atoms with Crippen LogP contribution in [0, 0.1) is 6.92 Å². The average Bonchev–Trinajstić information content (AvgIpc) is 3.15. The van der Waals surface area contributed by atoms with E-state index in [0.29, 0.717) is 27.9 Å². The van der Waals surface area contributed by atoms with Gasteiger partial charge < -0.3 is 4.90 Å². The smallest absolute Gasteiger partial charge is 0.267 e. The summed E-state index contributed by atoms with van der Waals surface area (Å²) in [5.74, 6) is -0.286. The minimum Gasteiger partial charge on any atom is -0.308 e. The van der Waals surface area contributed by atoms with Gasteiger partial charge in [0.1, 0.15) is 4.32 Å². The molecule has 148 valence electrons. The van der Waals surface area contributed by atoms with E-state index in [4.69, 9.17) is 12.2 Å². The molecule has 6 heteroatoms. The number of nitrogens with zero attached hydrogens (tertiary/aromatic N) is 2. The molecule has 0 radical (unpaired) electrons. The van der Waals surface area contributed by atoms with Crippen LogP contribution in [0.1, 0.15) is 36.5 Å². The summed E-state index contributed by atoms with van der Waals surface area (Å²) >= 11 is 6.74. The average molecular weight is 423 g/mol. The molecule has 1 fully saturated rings. The van der Waals surface area contributed by atoms with Crippen LogP contribution < -0.4 is 4.90 Å². The van der Waals surface area contributed by atoms with Crippen molar-refractivity contribution in [2.24, 2.45) is 0 Å². The number of fused-ring (bicyclic) bond motifs is 1. The number of carbonyl (C=O) groups excluding carboxylic acids is 2. The van der Waals surface area contributed by atoms with Crippen LogP contribution in [-0.2, 0) is 16.1 Å². The highest BCUT2D eigenvalue weighted by Crippen LogP contribution is 2.44. The maximum Gasteiger partial charge on any atom is 0.267 e. The molecular formula is C23H22N2O2S2. The Kier molecular flexibility index (Phi) is 5.56. The molecule has 0 saturated carbocycles. The Morgan fingerprint density at radius 2 is 1.69 bits per heavy atom. The Balaban J connectivity index is 1.69. The first-order chi connectivity index (χ1) is 14.0. The zero-order valence-corrected chi connectivity index (χ0v) is 18.1. The predicted molar refractivity (Wildman–Crippen MR) is 123 cm³/mol. The number of thiocarbonyl (C=S) groups is 1. The van der Waals surface area contributed by atoms with E-state index in [1.807, 2.05) is 55.5 Å². The highest BCUT2D eigenvalue weighted by atomic mass is 32.2. The van der Waals surface area contributed by atoms with Gasteiger partial charge in [-0.2, -0.15) is 0 Å². The van der Waals surface area contributed by atoms with Crippen molar-refractivity contribution in [1.29, 1.82) is 0 Å². The Morgan fingerprint density at radius 1 is 0.966 bits per heavy atom. The van der Waals surface area contributed by atoms with Crippen molar-refractivity contribution in [3.63, 3.8) is 0 Å². The van der Waals surface area contributed by atoms with E-state index in [2.05, 4.69) is 6.92 Å². The summed E-state index contributed by atoms with van der Waals surface area (Å²) in [4.78, 5) is 30.3. The molecule has 2 aromatic rings. The molecule has 0 atom stereocenters. The first kappa shape index (κ1) is 19.9. The van der Waals surface area contributed by atoms with Gasteiger partial charge >= 0.3 is 0 Å². The lowest BCUT2D eigenvalue weighted by atomic mass is 10.1. The summed E-state index contributed by atoms with van der Waals surface area (Å²) in [5, 5.41) is 0. The van der Waals surface area contributed by atoms with Crippen molar-refractivity contribution >= 4 is 51.4 Å². The van der Waals surface area contributed by atoms with E-state index < -0.39 is 0 Å². The molecule has 0 unspecified atom stereocenters. The van der Waals surface area contributed by atoms with E-state index in [1.54, 1.807) is 9.80 Å². The second kappa shape index (κ2) is 8.13. The minimum atomic E-state index is -0.184. The lowest BCUT2D eigenvalue weighted by molar-refractivity contribution is -0.122. The van der Waals surface area contributed by atoms with Crippen molar-refractivity contribution < 1.29 is 9.59 Å². The number of amides is 2. The van der Waals surface area contributed by atoms with E-state index in [9.17, 15) is 9.59 Å². The van der Waals surface area contributed by atoms with Gasteiger partial charge in [0.2, 0.25) is 0 Å². The monoisotopic (exact) mass is 422 g/mol.